The maximum atomic E-state index is 13.5. The Hall–Kier alpha value is -2.85. The Labute approximate surface area is 292 Å². The van der Waals surface area contributed by atoms with Gasteiger partial charge in [0.2, 0.25) is 0 Å². The normalized spacial score (nSPS) is 46.5. The number of hydrogen-bond donors (Lipinski definition) is 0. The predicted octanol–water partition coefficient (Wildman–Crippen LogP) is 1.07. The van der Waals surface area contributed by atoms with E-state index in [0.29, 0.717) is 19.5 Å². The Morgan fingerprint density at radius 1 is 0.700 bits per heavy atom. The average Bonchev–Trinajstić information content (AvgIpc) is 3.40. The van der Waals surface area contributed by atoms with Gasteiger partial charge < -0.3 is 42.6 Å². The lowest BCUT2D eigenvalue weighted by Crippen LogP contribution is -2.82. The molecule has 15 atom stereocenters. The minimum Gasteiger partial charge on any atom is -0.462 e. The SMILES string of the molecule is CCN1CC2(COC)C(OC(C)=O)CC(OC)C34C5CC6(OC(C)=O)C(OC)C(OC(C)=O)C(OC(C)=O)(C5C6OC(C)=O)C(C(OC)C23)C14. The van der Waals surface area contributed by atoms with E-state index < -0.39 is 118 Å². The molecule has 6 rings (SSSR count). The lowest BCUT2D eigenvalue weighted by molar-refractivity contribution is -0.326. The average molecular weight is 710 g/mol. The highest BCUT2D eigenvalue weighted by Crippen LogP contribution is 2.81. The third-order valence-electron chi connectivity index (χ3n) is 13.1. The molecule has 1 aliphatic heterocycles. The Morgan fingerprint density at radius 3 is 1.82 bits per heavy atom. The van der Waals surface area contributed by atoms with Crippen LogP contribution in [-0.2, 0) is 66.6 Å². The molecule has 6 fully saturated rings. The van der Waals surface area contributed by atoms with Gasteiger partial charge in [0.05, 0.1) is 18.8 Å². The van der Waals surface area contributed by atoms with E-state index in [1.54, 1.807) is 21.3 Å². The third-order valence-corrected chi connectivity index (χ3v) is 13.1. The molecule has 1 spiro atoms. The summed E-state index contributed by atoms with van der Waals surface area (Å²) >= 11 is 0. The molecule has 0 N–H and O–H groups in total. The molecule has 0 amide bonds. The first-order valence-corrected chi connectivity index (χ1v) is 17.3. The summed E-state index contributed by atoms with van der Waals surface area (Å²) in [6.07, 6.45) is -5.26. The van der Waals surface area contributed by atoms with Gasteiger partial charge in [-0.3, -0.25) is 28.9 Å². The van der Waals surface area contributed by atoms with E-state index in [1.807, 2.05) is 6.92 Å². The van der Waals surface area contributed by atoms with Crippen LogP contribution in [0.3, 0.4) is 0 Å². The number of fused-ring (bicyclic) bond motifs is 2. The maximum absolute atomic E-state index is 13.5. The van der Waals surface area contributed by atoms with E-state index in [9.17, 15) is 24.0 Å². The second-order valence-corrected chi connectivity index (χ2v) is 15.0. The van der Waals surface area contributed by atoms with Crippen molar-refractivity contribution >= 4 is 29.8 Å². The van der Waals surface area contributed by atoms with Gasteiger partial charge in [0.1, 0.15) is 12.2 Å². The number of carbonyl (C=O) groups is 5. The van der Waals surface area contributed by atoms with Crippen molar-refractivity contribution in [1.82, 2.24) is 4.90 Å². The molecule has 5 aliphatic carbocycles. The summed E-state index contributed by atoms with van der Waals surface area (Å²) in [5.41, 5.74) is -5.09. The Morgan fingerprint density at radius 2 is 1.32 bits per heavy atom. The molecule has 0 aromatic carbocycles. The molecule has 15 unspecified atom stereocenters. The van der Waals surface area contributed by atoms with Crippen molar-refractivity contribution in [3.8, 4) is 0 Å². The van der Waals surface area contributed by atoms with E-state index in [4.69, 9.17) is 42.6 Å². The molecule has 1 saturated heterocycles. The lowest BCUT2D eigenvalue weighted by Gasteiger charge is -2.70. The number of nitrogens with zero attached hydrogens (tertiary/aromatic N) is 1. The van der Waals surface area contributed by atoms with Gasteiger partial charge in [0.25, 0.3) is 0 Å². The Kier molecular flexibility index (Phi) is 9.36. The van der Waals surface area contributed by atoms with Crippen LogP contribution in [0, 0.1) is 34.5 Å². The third kappa shape index (κ3) is 4.55. The van der Waals surface area contributed by atoms with Gasteiger partial charge >= 0.3 is 29.8 Å². The molecule has 1 heterocycles. The van der Waals surface area contributed by atoms with E-state index in [2.05, 4.69) is 4.90 Å². The first kappa shape index (κ1) is 36.9. The second kappa shape index (κ2) is 12.7. The van der Waals surface area contributed by atoms with Crippen molar-refractivity contribution in [3.05, 3.63) is 0 Å². The summed E-state index contributed by atoms with van der Waals surface area (Å²) in [7, 11) is 6.21. The monoisotopic (exact) mass is 709 g/mol. The van der Waals surface area contributed by atoms with Crippen LogP contribution >= 0.6 is 0 Å². The predicted molar refractivity (Wildman–Crippen MR) is 169 cm³/mol. The number of carbonyl (C=O) groups excluding carboxylic acids is 5. The summed E-state index contributed by atoms with van der Waals surface area (Å²) < 4.78 is 56.8. The smallest absolute Gasteiger partial charge is 0.303 e. The Balaban J connectivity index is 1.78. The van der Waals surface area contributed by atoms with E-state index in [1.165, 1.54) is 41.7 Å². The summed E-state index contributed by atoms with van der Waals surface area (Å²) in [5, 5.41) is 0. The summed E-state index contributed by atoms with van der Waals surface area (Å²) in [5.74, 6) is -5.72. The summed E-state index contributed by atoms with van der Waals surface area (Å²) in [6.45, 7) is 9.62. The van der Waals surface area contributed by atoms with Crippen LogP contribution in [0.5, 0.6) is 0 Å². The second-order valence-electron chi connectivity index (χ2n) is 15.0. The van der Waals surface area contributed by atoms with Crippen LogP contribution in [-0.4, -0.2) is 137 Å². The lowest BCUT2D eigenvalue weighted by atomic mass is 9.42. The van der Waals surface area contributed by atoms with Gasteiger partial charge in [-0.05, 0) is 18.9 Å². The van der Waals surface area contributed by atoms with Crippen molar-refractivity contribution in [2.75, 3.05) is 48.1 Å². The number of esters is 5. The van der Waals surface area contributed by atoms with Gasteiger partial charge in [-0.1, -0.05) is 6.92 Å². The molecule has 280 valence electrons. The van der Waals surface area contributed by atoms with Crippen LogP contribution < -0.4 is 0 Å². The van der Waals surface area contributed by atoms with Crippen LogP contribution in [0.4, 0.5) is 0 Å². The first-order chi connectivity index (χ1) is 23.6. The van der Waals surface area contributed by atoms with Gasteiger partial charge in [0.15, 0.2) is 23.4 Å². The highest BCUT2D eigenvalue weighted by Gasteiger charge is 2.93. The van der Waals surface area contributed by atoms with Crippen molar-refractivity contribution in [2.24, 2.45) is 34.5 Å². The van der Waals surface area contributed by atoms with E-state index in [0.717, 1.165) is 0 Å². The maximum Gasteiger partial charge on any atom is 0.303 e. The summed E-state index contributed by atoms with van der Waals surface area (Å²) in [6, 6.07) is -0.420. The molecule has 15 heteroatoms. The highest BCUT2D eigenvalue weighted by molar-refractivity contribution is 5.71. The minimum atomic E-state index is -1.72. The fraction of sp³-hybridized carbons (Fsp3) is 0.857. The Bertz CT molecular complexity index is 1420. The van der Waals surface area contributed by atoms with Crippen LogP contribution in [0.2, 0.25) is 0 Å². The standard InChI is InChI=1S/C35H51NO14/c1-11-36-14-32(15-42-7)22(46-16(2)37)12-23(43-8)34-21-13-33(49-19(5)40)29(47-17(3)38)24(21)35(50-20(6)41,31(30(33)45-10)48-18(4)39)25(28(34)36)26(44-9)27(32)34/h21-31H,11-15H2,1-10H3. The van der Waals surface area contributed by atoms with E-state index >= 15 is 0 Å². The van der Waals surface area contributed by atoms with Crippen molar-refractivity contribution < 1.29 is 66.6 Å². The van der Waals surface area contributed by atoms with Crippen LogP contribution in [0.25, 0.3) is 0 Å². The molecule has 0 aromatic heterocycles. The molecule has 15 nitrogen and oxygen atoms in total. The molecule has 0 aromatic rings. The first-order valence-electron chi connectivity index (χ1n) is 17.3. The van der Waals surface area contributed by atoms with Gasteiger partial charge in [-0.25, -0.2) is 0 Å². The van der Waals surface area contributed by atoms with Gasteiger partial charge in [-0.15, -0.1) is 0 Å². The molecule has 50 heavy (non-hydrogen) atoms. The molecule has 0 radical (unpaired) electrons. The molecular formula is C35H51NO14. The number of likely N-dealkylation sites (tertiary alicyclic amines) is 1. The minimum absolute atomic E-state index is 0.0866. The number of rotatable bonds is 11. The molecule has 6 aliphatic rings. The number of piperidine rings is 1. The molecular weight excluding hydrogens is 658 g/mol. The van der Waals surface area contributed by atoms with Gasteiger partial charge in [-0.2, -0.15) is 0 Å². The van der Waals surface area contributed by atoms with Crippen molar-refractivity contribution in [2.45, 2.75) is 108 Å². The fourth-order valence-corrected chi connectivity index (χ4v) is 12.8. The number of ether oxygens (including phenoxy) is 9. The number of methoxy groups -OCH3 is 4. The summed E-state index contributed by atoms with van der Waals surface area (Å²) in [4.78, 5) is 67.8. The zero-order valence-corrected chi connectivity index (χ0v) is 30.5. The fourth-order valence-electron chi connectivity index (χ4n) is 12.8. The van der Waals surface area contributed by atoms with Crippen molar-refractivity contribution in [3.63, 3.8) is 0 Å². The molecule has 5 saturated carbocycles. The zero-order chi connectivity index (χ0) is 36.7. The quantitative estimate of drug-likeness (QED) is 0.220. The highest BCUT2D eigenvalue weighted by atomic mass is 16.7. The van der Waals surface area contributed by atoms with Crippen molar-refractivity contribution in [1.29, 1.82) is 0 Å². The largest absolute Gasteiger partial charge is 0.462 e. The number of hydrogen-bond acceptors (Lipinski definition) is 15. The van der Waals surface area contributed by atoms with Crippen LogP contribution in [0.1, 0.15) is 54.4 Å². The van der Waals surface area contributed by atoms with Gasteiger partial charge in [0, 0.05) is 111 Å². The zero-order valence-electron chi connectivity index (χ0n) is 30.5. The topological polar surface area (TPSA) is 172 Å². The van der Waals surface area contributed by atoms with E-state index in [-0.39, 0.29) is 13.0 Å². The van der Waals surface area contributed by atoms with Crippen LogP contribution in [0.15, 0.2) is 0 Å². The molecule has 7 bridgehead atoms.